The van der Waals surface area contributed by atoms with Gasteiger partial charge in [-0.1, -0.05) is 30.3 Å². The molecule has 0 radical (unpaired) electrons. The van der Waals surface area contributed by atoms with Crippen molar-refractivity contribution < 1.29 is 22.5 Å². The summed E-state index contributed by atoms with van der Waals surface area (Å²) in [6, 6.07) is 0. The first kappa shape index (κ1) is 17.4. The number of hydrogen-bond donors (Lipinski definition) is 1. The molecule has 2 rings (SSSR count). The number of carbonyl (C=O) groups excluding carboxylic acids is 1. The van der Waals surface area contributed by atoms with Crippen molar-refractivity contribution in [2.75, 3.05) is 5.32 Å². The van der Waals surface area contributed by atoms with Crippen LogP contribution in [-0.2, 0) is 12.6 Å². The van der Waals surface area contributed by atoms with Gasteiger partial charge in [0.05, 0.1) is 5.69 Å². The maximum absolute atomic E-state index is 12.8. The lowest BCUT2D eigenvalue weighted by Gasteiger charge is -2.04. The van der Waals surface area contributed by atoms with E-state index in [1.54, 1.807) is 0 Å². The molecule has 1 amide bonds. The minimum absolute atomic E-state index is 0.139. The standard InChI is InChI=1S/C13H15F3N4O2S/c1-6(2)4-5-8-18-19-12(23-8)17-11(21)9-7(3)20-22-10(9)13(14,15)16/h6H,4-5H2,1-3H3,(H,17,19,21). The van der Waals surface area contributed by atoms with Crippen LogP contribution < -0.4 is 5.32 Å². The van der Waals surface area contributed by atoms with Gasteiger partial charge in [-0.2, -0.15) is 13.2 Å². The van der Waals surface area contributed by atoms with E-state index in [2.05, 4.69) is 39.0 Å². The number of amides is 1. The number of anilines is 1. The van der Waals surface area contributed by atoms with Crippen LogP contribution in [0.15, 0.2) is 4.52 Å². The van der Waals surface area contributed by atoms with Gasteiger partial charge in [-0.25, -0.2) is 0 Å². The molecule has 2 aromatic heterocycles. The molecule has 0 bridgehead atoms. The van der Waals surface area contributed by atoms with Crippen molar-refractivity contribution in [2.24, 2.45) is 5.92 Å². The van der Waals surface area contributed by atoms with Gasteiger partial charge in [0.2, 0.25) is 5.13 Å². The molecule has 6 nitrogen and oxygen atoms in total. The molecule has 0 aliphatic heterocycles. The quantitative estimate of drug-likeness (QED) is 0.891. The molecule has 2 heterocycles. The summed E-state index contributed by atoms with van der Waals surface area (Å²) >= 11 is 1.13. The van der Waals surface area contributed by atoms with Gasteiger partial charge in [0, 0.05) is 6.42 Å². The molecule has 0 saturated carbocycles. The van der Waals surface area contributed by atoms with E-state index in [0.29, 0.717) is 17.3 Å². The zero-order valence-electron chi connectivity index (χ0n) is 12.7. The van der Waals surface area contributed by atoms with E-state index in [-0.39, 0.29) is 10.8 Å². The van der Waals surface area contributed by atoms with E-state index < -0.39 is 23.4 Å². The van der Waals surface area contributed by atoms with Crippen LogP contribution in [0.25, 0.3) is 0 Å². The number of carbonyl (C=O) groups is 1. The van der Waals surface area contributed by atoms with Gasteiger partial charge >= 0.3 is 6.18 Å². The zero-order chi connectivity index (χ0) is 17.2. The molecule has 0 unspecified atom stereocenters. The van der Waals surface area contributed by atoms with Crippen LogP contribution in [0.1, 0.15) is 47.1 Å². The Hall–Kier alpha value is -1.97. The van der Waals surface area contributed by atoms with Crippen molar-refractivity contribution in [3.8, 4) is 0 Å². The predicted octanol–water partition coefficient (Wildman–Crippen LogP) is 3.69. The average molecular weight is 348 g/mol. The number of nitrogens with zero attached hydrogens (tertiary/aromatic N) is 3. The third-order valence-electron chi connectivity index (χ3n) is 2.97. The molecule has 23 heavy (non-hydrogen) atoms. The Morgan fingerprint density at radius 3 is 2.65 bits per heavy atom. The van der Waals surface area contributed by atoms with Gasteiger partial charge < -0.3 is 4.52 Å². The Bertz CT molecular complexity index is 694. The number of nitrogens with one attached hydrogen (secondary N) is 1. The van der Waals surface area contributed by atoms with E-state index >= 15 is 0 Å². The molecular weight excluding hydrogens is 333 g/mol. The van der Waals surface area contributed by atoms with Crippen molar-refractivity contribution in [1.29, 1.82) is 0 Å². The molecule has 1 N–H and O–H groups in total. The fourth-order valence-electron chi connectivity index (χ4n) is 1.81. The number of hydrogen-bond acceptors (Lipinski definition) is 6. The second-order valence-corrected chi connectivity index (χ2v) is 6.42. The zero-order valence-corrected chi connectivity index (χ0v) is 13.5. The van der Waals surface area contributed by atoms with Crippen molar-refractivity contribution in [1.82, 2.24) is 15.4 Å². The Morgan fingerprint density at radius 2 is 2.04 bits per heavy atom. The van der Waals surface area contributed by atoms with E-state index in [0.717, 1.165) is 17.8 Å². The first-order valence-corrected chi connectivity index (χ1v) is 7.67. The van der Waals surface area contributed by atoms with Crippen molar-refractivity contribution in [3.05, 3.63) is 22.0 Å². The molecule has 0 aliphatic carbocycles. The summed E-state index contributed by atoms with van der Waals surface area (Å²) in [5.74, 6) is -1.90. The summed E-state index contributed by atoms with van der Waals surface area (Å²) in [5, 5.41) is 14.1. The molecule has 0 aromatic carbocycles. The van der Waals surface area contributed by atoms with E-state index in [1.807, 2.05) is 0 Å². The lowest BCUT2D eigenvalue weighted by atomic mass is 10.1. The van der Waals surface area contributed by atoms with Gasteiger partial charge in [0.15, 0.2) is 0 Å². The minimum Gasteiger partial charge on any atom is -0.351 e. The summed E-state index contributed by atoms with van der Waals surface area (Å²) < 4.78 is 42.6. The second kappa shape index (κ2) is 6.65. The SMILES string of the molecule is Cc1noc(C(F)(F)F)c1C(=O)Nc1nnc(CCC(C)C)s1. The molecule has 0 fully saturated rings. The first-order valence-electron chi connectivity index (χ1n) is 6.85. The smallest absolute Gasteiger partial charge is 0.351 e. The molecule has 2 aromatic rings. The Morgan fingerprint density at radius 1 is 1.35 bits per heavy atom. The molecule has 10 heteroatoms. The third-order valence-corrected chi connectivity index (χ3v) is 3.87. The Labute approximate surface area is 134 Å². The van der Waals surface area contributed by atoms with Crippen molar-refractivity contribution in [2.45, 2.75) is 39.8 Å². The largest absolute Gasteiger partial charge is 0.453 e. The molecule has 126 valence electrons. The monoisotopic (exact) mass is 348 g/mol. The van der Waals surface area contributed by atoms with Crippen LogP contribution in [0.4, 0.5) is 18.3 Å². The highest BCUT2D eigenvalue weighted by Gasteiger charge is 2.42. The van der Waals surface area contributed by atoms with Gasteiger partial charge in [-0.15, -0.1) is 10.2 Å². The fourth-order valence-corrected chi connectivity index (χ4v) is 2.56. The number of alkyl halides is 3. The number of aryl methyl sites for hydroxylation is 2. The van der Waals surface area contributed by atoms with Crippen LogP contribution in [0, 0.1) is 12.8 Å². The molecule has 0 spiro atoms. The fraction of sp³-hybridized carbons (Fsp3) is 0.538. The topological polar surface area (TPSA) is 80.9 Å². The van der Waals surface area contributed by atoms with Gasteiger partial charge in [0.25, 0.3) is 11.7 Å². The normalized spacial score (nSPS) is 12.0. The van der Waals surface area contributed by atoms with Crippen LogP contribution in [0.2, 0.25) is 0 Å². The summed E-state index contributed by atoms with van der Waals surface area (Å²) in [5.41, 5.74) is -0.782. The van der Waals surface area contributed by atoms with Crippen molar-refractivity contribution >= 4 is 22.4 Å². The highest BCUT2D eigenvalue weighted by molar-refractivity contribution is 7.15. The molecular formula is C13H15F3N4O2S. The van der Waals surface area contributed by atoms with Gasteiger partial charge in [-0.05, 0) is 19.3 Å². The summed E-state index contributed by atoms with van der Waals surface area (Å²) in [7, 11) is 0. The third kappa shape index (κ3) is 4.27. The summed E-state index contributed by atoms with van der Waals surface area (Å²) in [6.07, 6.45) is -3.19. The molecule has 0 saturated heterocycles. The lowest BCUT2D eigenvalue weighted by Crippen LogP contribution is -2.18. The number of aromatic nitrogens is 3. The molecule has 0 atom stereocenters. The van der Waals surface area contributed by atoms with Crippen LogP contribution in [0.3, 0.4) is 0 Å². The maximum Gasteiger partial charge on any atom is 0.453 e. The highest BCUT2D eigenvalue weighted by atomic mass is 32.1. The van der Waals surface area contributed by atoms with Crippen LogP contribution in [0.5, 0.6) is 0 Å². The van der Waals surface area contributed by atoms with Crippen LogP contribution >= 0.6 is 11.3 Å². The van der Waals surface area contributed by atoms with Gasteiger partial charge in [0.1, 0.15) is 10.6 Å². The molecule has 0 aliphatic rings. The first-order chi connectivity index (χ1) is 10.7. The van der Waals surface area contributed by atoms with E-state index in [1.165, 1.54) is 6.92 Å². The van der Waals surface area contributed by atoms with Crippen molar-refractivity contribution in [3.63, 3.8) is 0 Å². The average Bonchev–Trinajstić information content (AvgIpc) is 3.02. The van der Waals surface area contributed by atoms with E-state index in [9.17, 15) is 18.0 Å². The van der Waals surface area contributed by atoms with Gasteiger partial charge in [-0.3, -0.25) is 10.1 Å². The minimum atomic E-state index is -4.79. The lowest BCUT2D eigenvalue weighted by molar-refractivity contribution is -0.155. The predicted molar refractivity (Wildman–Crippen MR) is 77.3 cm³/mol. The maximum atomic E-state index is 12.8. The Balaban J connectivity index is 2.13. The van der Waals surface area contributed by atoms with E-state index in [4.69, 9.17) is 0 Å². The second-order valence-electron chi connectivity index (χ2n) is 5.36. The van der Waals surface area contributed by atoms with Crippen LogP contribution in [-0.4, -0.2) is 21.3 Å². The summed E-state index contributed by atoms with van der Waals surface area (Å²) in [6.45, 7) is 5.40. The number of halogens is 3. The summed E-state index contributed by atoms with van der Waals surface area (Å²) in [4.78, 5) is 12.1. The highest BCUT2D eigenvalue weighted by Crippen LogP contribution is 2.33. The number of rotatable bonds is 5. The Kier molecular flexibility index (Phi) is 5.03.